The molecule has 1 heterocycles. The third kappa shape index (κ3) is 4.18. The molecule has 1 N–H and O–H groups in total. The lowest BCUT2D eigenvalue weighted by atomic mass is 10.1. The summed E-state index contributed by atoms with van der Waals surface area (Å²) in [5.74, 6) is -0.778. The smallest absolute Gasteiger partial charge is 0.307 e. The van der Waals surface area contributed by atoms with Crippen LogP contribution in [0.15, 0.2) is 22.0 Å². The molecule has 0 atom stereocenters. The maximum Gasteiger partial charge on any atom is 0.307 e. The lowest BCUT2D eigenvalue weighted by Gasteiger charge is -2.02. The molecule has 0 aromatic carbocycles. The summed E-state index contributed by atoms with van der Waals surface area (Å²) in [5, 5.41) is 8.63. The number of halogens is 1. The van der Waals surface area contributed by atoms with Crippen LogP contribution in [0.4, 0.5) is 0 Å². The molecule has 0 amide bonds. The van der Waals surface area contributed by atoms with Crippen LogP contribution in [0, 0.1) is 0 Å². The van der Waals surface area contributed by atoms with Gasteiger partial charge in [0.2, 0.25) is 0 Å². The quantitative estimate of drug-likeness (QED) is 0.883. The summed E-state index contributed by atoms with van der Waals surface area (Å²) in [7, 11) is 0. The number of hydrogen-bond acceptors (Lipinski definition) is 2. The van der Waals surface area contributed by atoms with Crippen molar-refractivity contribution in [2.24, 2.45) is 0 Å². The highest BCUT2D eigenvalue weighted by Gasteiger charge is 2.04. The third-order valence-corrected chi connectivity index (χ3v) is 3.63. The fraction of sp³-hybridized carbons (Fsp3) is 0.364. The van der Waals surface area contributed by atoms with E-state index in [2.05, 4.69) is 22.9 Å². The van der Waals surface area contributed by atoms with Crippen molar-refractivity contribution in [2.75, 3.05) is 0 Å². The van der Waals surface area contributed by atoms with E-state index in [1.165, 1.54) is 0 Å². The van der Waals surface area contributed by atoms with Gasteiger partial charge in [-0.3, -0.25) is 4.79 Å². The molecule has 0 spiro atoms. The minimum absolute atomic E-state index is 0.102. The Labute approximate surface area is 102 Å². The van der Waals surface area contributed by atoms with Crippen LogP contribution in [0.5, 0.6) is 0 Å². The lowest BCUT2D eigenvalue weighted by Crippen LogP contribution is -1.91. The van der Waals surface area contributed by atoms with Gasteiger partial charge in [-0.05, 0) is 40.1 Å². The Balaban J connectivity index is 2.82. The van der Waals surface area contributed by atoms with Crippen LogP contribution in [0.2, 0.25) is 0 Å². The highest BCUT2D eigenvalue weighted by Crippen LogP contribution is 2.30. The van der Waals surface area contributed by atoms with E-state index in [0.29, 0.717) is 0 Å². The normalized spacial score (nSPS) is 11.7. The fourth-order valence-electron chi connectivity index (χ4n) is 1.29. The zero-order valence-electron chi connectivity index (χ0n) is 8.50. The zero-order chi connectivity index (χ0) is 11.3. The highest BCUT2D eigenvalue weighted by atomic mass is 79.9. The van der Waals surface area contributed by atoms with Gasteiger partial charge < -0.3 is 5.11 Å². The first-order valence-electron chi connectivity index (χ1n) is 4.80. The SMILES string of the molecule is CCC/C(=C\CC(=O)O)c1ccc(Br)s1. The summed E-state index contributed by atoms with van der Waals surface area (Å²) >= 11 is 5.05. The monoisotopic (exact) mass is 288 g/mol. The van der Waals surface area contributed by atoms with Crippen molar-refractivity contribution in [2.45, 2.75) is 26.2 Å². The summed E-state index contributed by atoms with van der Waals surface area (Å²) in [6, 6.07) is 4.02. The van der Waals surface area contributed by atoms with Crippen LogP contribution in [0.3, 0.4) is 0 Å². The minimum Gasteiger partial charge on any atom is -0.481 e. The van der Waals surface area contributed by atoms with Crippen molar-refractivity contribution in [1.29, 1.82) is 0 Å². The molecule has 0 unspecified atom stereocenters. The topological polar surface area (TPSA) is 37.3 Å². The van der Waals surface area contributed by atoms with E-state index in [9.17, 15) is 4.79 Å². The summed E-state index contributed by atoms with van der Waals surface area (Å²) in [4.78, 5) is 11.7. The molecule has 15 heavy (non-hydrogen) atoms. The third-order valence-electron chi connectivity index (χ3n) is 1.93. The van der Waals surface area contributed by atoms with Crippen molar-refractivity contribution in [3.63, 3.8) is 0 Å². The van der Waals surface area contributed by atoms with Gasteiger partial charge in [0.25, 0.3) is 0 Å². The van der Waals surface area contributed by atoms with Crippen LogP contribution in [-0.2, 0) is 4.79 Å². The Morgan fingerprint density at radius 3 is 2.80 bits per heavy atom. The number of thiophene rings is 1. The molecule has 1 rings (SSSR count). The predicted molar refractivity (Wildman–Crippen MR) is 67.2 cm³/mol. The number of carboxylic acids is 1. The van der Waals surface area contributed by atoms with E-state index in [1.807, 2.05) is 18.2 Å². The average Bonchev–Trinajstić information content (AvgIpc) is 2.59. The zero-order valence-corrected chi connectivity index (χ0v) is 10.9. The summed E-state index contributed by atoms with van der Waals surface area (Å²) in [5.41, 5.74) is 1.13. The molecule has 0 bridgehead atoms. The standard InChI is InChI=1S/C11H13BrO2S/c1-2-3-8(4-7-11(13)14)9-5-6-10(12)15-9/h4-6H,2-3,7H2,1H3,(H,13,14)/b8-4+. The number of carboxylic acid groups (broad SMARTS) is 1. The summed E-state index contributed by atoms with van der Waals surface area (Å²) in [6.45, 7) is 2.09. The maximum absolute atomic E-state index is 10.5. The molecule has 0 aliphatic heterocycles. The largest absolute Gasteiger partial charge is 0.481 e. The van der Waals surface area contributed by atoms with Crippen LogP contribution in [0.1, 0.15) is 31.1 Å². The number of allylic oxidation sites excluding steroid dienone is 1. The summed E-state index contributed by atoms with van der Waals surface area (Å²) in [6.07, 6.45) is 3.87. The van der Waals surface area contributed by atoms with Crippen LogP contribution in [-0.4, -0.2) is 11.1 Å². The van der Waals surface area contributed by atoms with Gasteiger partial charge in [-0.25, -0.2) is 0 Å². The number of aliphatic carboxylic acids is 1. The van der Waals surface area contributed by atoms with Gasteiger partial charge in [-0.2, -0.15) is 0 Å². The van der Waals surface area contributed by atoms with Gasteiger partial charge in [0.1, 0.15) is 0 Å². The van der Waals surface area contributed by atoms with Gasteiger partial charge in [-0.1, -0.05) is 19.4 Å². The Hall–Kier alpha value is -0.610. The van der Waals surface area contributed by atoms with Crippen LogP contribution in [0.25, 0.3) is 5.57 Å². The molecule has 82 valence electrons. The number of carbonyl (C=O) groups is 1. The molecule has 0 saturated carbocycles. The maximum atomic E-state index is 10.5. The first kappa shape index (κ1) is 12.5. The second kappa shape index (κ2) is 6.08. The average molecular weight is 289 g/mol. The Morgan fingerprint density at radius 1 is 1.60 bits per heavy atom. The first-order chi connectivity index (χ1) is 7.13. The van der Waals surface area contributed by atoms with E-state index in [0.717, 1.165) is 27.1 Å². The van der Waals surface area contributed by atoms with Crippen molar-refractivity contribution in [1.82, 2.24) is 0 Å². The van der Waals surface area contributed by atoms with Gasteiger partial charge in [-0.15, -0.1) is 11.3 Å². The molecular weight excluding hydrogens is 276 g/mol. The minimum atomic E-state index is -0.778. The Morgan fingerprint density at radius 2 is 2.33 bits per heavy atom. The van der Waals surface area contributed by atoms with E-state index >= 15 is 0 Å². The predicted octanol–water partition coefficient (Wildman–Crippen LogP) is 4.17. The second-order valence-electron chi connectivity index (χ2n) is 3.18. The highest BCUT2D eigenvalue weighted by molar-refractivity contribution is 9.11. The molecule has 1 aromatic heterocycles. The van der Waals surface area contributed by atoms with Crippen LogP contribution < -0.4 is 0 Å². The molecule has 0 aliphatic carbocycles. The van der Waals surface area contributed by atoms with Crippen molar-refractivity contribution in [3.05, 3.63) is 26.9 Å². The fourth-order valence-corrected chi connectivity index (χ4v) is 2.75. The molecule has 4 heteroatoms. The number of rotatable bonds is 5. The molecule has 1 aromatic rings. The first-order valence-corrected chi connectivity index (χ1v) is 6.41. The Bertz CT molecular complexity index is 368. The van der Waals surface area contributed by atoms with Gasteiger partial charge in [0.15, 0.2) is 0 Å². The van der Waals surface area contributed by atoms with E-state index in [4.69, 9.17) is 5.11 Å². The lowest BCUT2D eigenvalue weighted by molar-refractivity contribution is -0.135. The molecule has 0 radical (unpaired) electrons. The van der Waals surface area contributed by atoms with Crippen LogP contribution >= 0.6 is 27.3 Å². The van der Waals surface area contributed by atoms with E-state index in [1.54, 1.807) is 11.3 Å². The summed E-state index contributed by atoms with van der Waals surface area (Å²) < 4.78 is 1.08. The van der Waals surface area contributed by atoms with Crippen molar-refractivity contribution < 1.29 is 9.90 Å². The molecule has 0 fully saturated rings. The van der Waals surface area contributed by atoms with Gasteiger partial charge >= 0.3 is 5.97 Å². The molecule has 2 nitrogen and oxygen atoms in total. The Kier molecular flexibility index (Phi) is 5.05. The van der Waals surface area contributed by atoms with Crippen molar-refractivity contribution in [3.8, 4) is 0 Å². The molecular formula is C11H13BrO2S. The van der Waals surface area contributed by atoms with E-state index in [-0.39, 0.29) is 6.42 Å². The number of hydrogen-bond donors (Lipinski definition) is 1. The van der Waals surface area contributed by atoms with E-state index < -0.39 is 5.97 Å². The molecule has 0 aliphatic rings. The van der Waals surface area contributed by atoms with Crippen molar-refractivity contribution >= 4 is 38.8 Å². The molecule has 0 saturated heterocycles. The van der Waals surface area contributed by atoms with Gasteiger partial charge in [0.05, 0.1) is 10.2 Å². The van der Waals surface area contributed by atoms with Gasteiger partial charge in [0, 0.05) is 4.88 Å². The second-order valence-corrected chi connectivity index (χ2v) is 5.64.